The van der Waals surface area contributed by atoms with E-state index in [1.54, 1.807) is 18.2 Å². The molecule has 3 N–H and O–H groups in total. The molecule has 5 rings (SSSR count). The van der Waals surface area contributed by atoms with Gasteiger partial charge in [-0.3, -0.25) is 10.1 Å². The molecule has 36 heavy (non-hydrogen) atoms. The van der Waals surface area contributed by atoms with Crippen molar-refractivity contribution in [2.75, 3.05) is 5.32 Å². The Kier molecular flexibility index (Phi) is 6.53. The van der Waals surface area contributed by atoms with Gasteiger partial charge in [-0.25, -0.2) is 4.98 Å². The van der Waals surface area contributed by atoms with Crippen LogP contribution in [0.25, 0.3) is 33.7 Å². The van der Waals surface area contributed by atoms with Crippen molar-refractivity contribution in [2.24, 2.45) is 0 Å². The number of carbonyl (C=O) groups excluding carboxylic acids is 1. The van der Waals surface area contributed by atoms with Crippen LogP contribution in [-0.2, 0) is 0 Å². The lowest BCUT2D eigenvalue weighted by molar-refractivity contribution is 0.0951. The first kappa shape index (κ1) is 24.1. The zero-order chi connectivity index (χ0) is 25.4. The first-order valence-electron chi connectivity index (χ1n) is 11.0. The number of amides is 1. The number of aromatic nitrogens is 2. The van der Waals surface area contributed by atoms with Crippen LogP contribution >= 0.6 is 35.4 Å². The van der Waals surface area contributed by atoms with Gasteiger partial charge in [0.25, 0.3) is 5.91 Å². The van der Waals surface area contributed by atoms with Crippen molar-refractivity contribution >= 4 is 63.2 Å². The van der Waals surface area contributed by atoms with Crippen LogP contribution in [0.4, 0.5) is 5.69 Å². The fourth-order valence-electron chi connectivity index (χ4n) is 3.68. The number of anilines is 1. The minimum Gasteiger partial charge on any atom is -0.451 e. The summed E-state index contributed by atoms with van der Waals surface area (Å²) in [5.74, 6) is 0.961. The summed E-state index contributed by atoms with van der Waals surface area (Å²) in [6.45, 7) is 3.87. The Labute approximate surface area is 222 Å². The summed E-state index contributed by atoms with van der Waals surface area (Å²) >= 11 is 17.7. The second-order valence-corrected chi connectivity index (χ2v) is 9.54. The van der Waals surface area contributed by atoms with Gasteiger partial charge in [0, 0.05) is 26.9 Å². The molecule has 0 aliphatic carbocycles. The topological polar surface area (TPSA) is 83.0 Å². The van der Waals surface area contributed by atoms with Crippen LogP contribution in [0.5, 0.6) is 0 Å². The number of imidazole rings is 1. The molecule has 3 aromatic carbocycles. The number of hydrogen-bond acceptors (Lipinski definition) is 4. The summed E-state index contributed by atoms with van der Waals surface area (Å²) in [7, 11) is 0. The van der Waals surface area contributed by atoms with Gasteiger partial charge in [-0.1, -0.05) is 35.3 Å². The zero-order valence-corrected chi connectivity index (χ0v) is 21.6. The number of aromatic amines is 1. The van der Waals surface area contributed by atoms with Gasteiger partial charge in [0.1, 0.15) is 11.6 Å². The van der Waals surface area contributed by atoms with Crippen molar-refractivity contribution in [3.63, 3.8) is 0 Å². The highest BCUT2D eigenvalue weighted by atomic mass is 35.5. The monoisotopic (exact) mass is 534 g/mol. The average Bonchev–Trinajstić information content (AvgIpc) is 3.49. The number of carbonyl (C=O) groups is 1. The van der Waals surface area contributed by atoms with Crippen LogP contribution in [0.3, 0.4) is 0 Å². The fraction of sp³-hybridized carbons (Fsp3) is 0.0741. The van der Waals surface area contributed by atoms with E-state index in [4.69, 9.17) is 39.8 Å². The molecule has 1 amide bonds. The second-order valence-electron chi connectivity index (χ2n) is 8.32. The molecule has 2 aromatic heterocycles. The van der Waals surface area contributed by atoms with Crippen molar-refractivity contribution in [3.8, 4) is 22.7 Å². The molecule has 0 fully saturated rings. The van der Waals surface area contributed by atoms with Crippen LogP contribution < -0.4 is 10.6 Å². The average molecular weight is 535 g/mol. The molecule has 0 aliphatic rings. The Hall–Kier alpha value is -3.65. The third-order valence-corrected chi connectivity index (χ3v) is 6.71. The summed E-state index contributed by atoms with van der Waals surface area (Å²) in [4.78, 5) is 20.5. The molecule has 0 atom stereocenters. The number of halogens is 2. The molecule has 9 heteroatoms. The van der Waals surface area contributed by atoms with E-state index in [0.717, 1.165) is 39.1 Å². The number of fused-ring (bicyclic) bond motifs is 1. The molecule has 180 valence electrons. The van der Waals surface area contributed by atoms with E-state index < -0.39 is 5.91 Å². The Balaban J connectivity index is 1.23. The van der Waals surface area contributed by atoms with E-state index in [9.17, 15) is 4.79 Å². The number of nitrogens with one attached hydrogen (secondary N) is 3. The fourth-order valence-corrected chi connectivity index (χ4v) is 4.22. The van der Waals surface area contributed by atoms with Crippen LogP contribution in [0.1, 0.15) is 21.7 Å². The van der Waals surface area contributed by atoms with Gasteiger partial charge in [-0.05, 0) is 91.8 Å². The molecule has 0 spiro atoms. The molecule has 0 bridgehead atoms. The van der Waals surface area contributed by atoms with Gasteiger partial charge in [0.2, 0.25) is 0 Å². The summed E-state index contributed by atoms with van der Waals surface area (Å²) in [6.07, 6.45) is 0. The molecule has 5 aromatic rings. The van der Waals surface area contributed by atoms with E-state index in [1.165, 1.54) is 0 Å². The summed E-state index contributed by atoms with van der Waals surface area (Å²) in [6, 6.07) is 20.2. The molecular weight excluding hydrogens is 515 g/mol. The molecule has 2 heterocycles. The van der Waals surface area contributed by atoms with Gasteiger partial charge in [-0.15, -0.1) is 0 Å². The smallest absolute Gasteiger partial charge is 0.293 e. The number of aryl methyl sites for hydroxylation is 2. The predicted molar refractivity (Wildman–Crippen MR) is 149 cm³/mol. The lowest BCUT2D eigenvalue weighted by Crippen LogP contribution is -2.33. The predicted octanol–water partition coefficient (Wildman–Crippen LogP) is 7.54. The van der Waals surface area contributed by atoms with Crippen molar-refractivity contribution < 1.29 is 9.21 Å². The summed E-state index contributed by atoms with van der Waals surface area (Å²) in [5.41, 5.74) is 6.08. The third-order valence-electron chi connectivity index (χ3n) is 5.69. The Morgan fingerprint density at radius 3 is 2.39 bits per heavy atom. The zero-order valence-electron chi connectivity index (χ0n) is 19.3. The molecular formula is C27H20Cl2N4O2S. The van der Waals surface area contributed by atoms with E-state index in [1.807, 2.05) is 62.4 Å². The highest BCUT2D eigenvalue weighted by Crippen LogP contribution is 2.28. The van der Waals surface area contributed by atoms with E-state index >= 15 is 0 Å². The van der Waals surface area contributed by atoms with Crippen molar-refractivity contribution in [1.82, 2.24) is 15.3 Å². The van der Waals surface area contributed by atoms with Crippen LogP contribution in [0.15, 0.2) is 71.1 Å². The van der Waals surface area contributed by atoms with Crippen LogP contribution in [0, 0.1) is 13.8 Å². The SMILES string of the molecule is Cc1ccc(-c2ccc(C(=O)NC(=S)Nc3ccc(-c4nc5cc(Cl)c(C)cc5[nH]4)cc3)o2)cc1Cl. The van der Waals surface area contributed by atoms with Crippen molar-refractivity contribution in [1.29, 1.82) is 0 Å². The largest absolute Gasteiger partial charge is 0.451 e. The van der Waals surface area contributed by atoms with Crippen LogP contribution in [0.2, 0.25) is 10.0 Å². The van der Waals surface area contributed by atoms with Gasteiger partial charge in [0.15, 0.2) is 10.9 Å². The van der Waals surface area contributed by atoms with Gasteiger partial charge in [0.05, 0.1) is 11.0 Å². The van der Waals surface area contributed by atoms with Crippen molar-refractivity contribution in [2.45, 2.75) is 13.8 Å². The molecule has 0 unspecified atom stereocenters. The van der Waals surface area contributed by atoms with Crippen molar-refractivity contribution in [3.05, 3.63) is 93.7 Å². The van der Waals surface area contributed by atoms with E-state index in [2.05, 4.69) is 20.6 Å². The van der Waals surface area contributed by atoms with Gasteiger partial charge >= 0.3 is 0 Å². The Morgan fingerprint density at radius 1 is 0.917 bits per heavy atom. The number of thiocarbonyl (C=S) groups is 1. The number of nitrogens with zero attached hydrogens (tertiary/aromatic N) is 1. The molecule has 0 aliphatic heterocycles. The Morgan fingerprint density at radius 2 is 1.64 bits per heavy atom. The highest BCUT2D eigenvalue weighted by Gasteiger charge is 2.15. The maximum Gasteiger partial charge on any atom is 0.293 e. The molecule has 0 radical (unpaired) electrons. The lowest BCUT2D eigenvalue weighted by Gasteiger charge is -2.09. The normalized spacial score (nSPS) is 11.0. The van der Waals surface area contributed by atoms with Gasteiger partial charge < -0.3 is 14.7 Å². The molecule has 6 nitrogen and oxygen atoms in total. The second kappa shape index (κ2) is 9.78. The molecule has 0 saturated carbocycles. The summed E-state index contributed by atoms with van der Waals surface area (Å²) in [5, 5.41) is 7.11. The lowest BCUT2D eigenvalue weighted by atomic mass is 10.1. The quantitative estimate of drug-likeness (QED) is 0.207. The van der Waals surface area contributed by atoms with E-state index in [-0.39, 0.29) is 10.9 Å². The third kappa shape index (κ3) is 4.99. The maximum atomic E-state index is 12.6. The van der Waals surface area contributed by atoms with Gasteiger partial charge in [-0.2, -0.15) is 0 Å². The number of rotatable bonds is 4. The number of furan rings is 1. The first-order chi connectivity index (χ1) is 17.3. The first-order valence-corrected chi connectivity index (χ1v) is 12.2. The number of hydrogen-bond donors (Lipinski definition) is 3. The number of benzene rings is 3. The van der Waals surface area contributed by atoms with E-state index in [0.29, 0.717) is 21.5 Å². The minimum absolute atomic E-state index is 0.140. The Bertz CT molecular complexity index is 1580. The summed E-state index contributed by atoms with van der Waals surface area (Å²) < 4.78 is 5.71. The van der Waals surface area contributed by atoms with Crippen LogP contribution in [-0.4, -0.2) is 21.0 Å². The standard InChI is InChI=1S/C27H20Cl2N4O2S/c1-14-3-4-17(12-19(14)28)23-9-10-24(35-23)26(34)33-27(36)30-18-7-5-16(6-8-18)25-31-21-11-15(2)20(29)13-22(21)32-25/h3-13H,1-2H3,(H,31,32)(H2,30,33,34,36). The minimum atomic E-state index is -0.454. The maximum absolute atomic E-state index is 12.6. The highest BCUT2D eigenvalue weighted by molar-refractivity contribution is 7.80. The number of H-pyrrole nitrogens is 1. The molecule has 0 saturated heterocycles.